The van der Waals surface area contributed by atoms with Crippen LogP contribution in [0.5, 0.6) is 5.75 Å². The van der Waals surface area contributed by atoms with E-state index < -0.39 is 0 Å². The SMILES string of the molecule is CCN1CCN(C(=O)COc2ccccc2-c2ccccc2)CC1. The largest absolute Gasteiger partial charge is 0.483 e. The fourth-order valence-electron chi connectivity index (χ4n) is 2.99. The van der Waals surface area contributed by atoms with Crippen LogP contribution in [0.2, 0.25) is 0 Å². The maximum absolute atomic E-state index is 12.4. The van der Waals surface area contributed by atoms with E-state index in [1.807, 2.05) is 59.5 Å². The van der Waals surface area contributed by atoms with Crippen molar-refractivity contribution in [1.82, 2.24) is 9.80 Å². The van der Waals surface area contributed by atoms with Crippen LogP contribution < -0.4 is 4.74 Å². The molecule has 24 heavy (non-hydrogen) atoms. The number of carbonyl (C=O) groups is 1. The van der Waals surface area contributed by atoms with Gasteiger partial charge in [-0.2, -0.15) is 0 Å². The summed E-state index contributed by atoms with van der Waals surface area (Å²) in [5, 5.41) is 0. The molecule has 1 aliphatic rings. The van der Waals surface area contributed by atoms with Gasteiger partial charge in [0.1, 0.15) is 5.75 Å². The van der Waals surface area contributed by atoms with Crippen molar-refractivity contribution in [2.45, 2.75) is 6.92 Å². The third-order valence-electron chi connectivity index (χ3n) is 4.50. The highest BCUT2D eigenvalue weighted by Gasteiger charge is 2.20. The van der Waals surface area contributed by atoms with Crippen LogP contribution in [0.4, 0.5) is 0 Å². The number of hydrogen-bond acceptors (Lipinski definition) is 3. The number of piperazine rings is 1. The molecule has 0 aromatic heterocycles. The maximum Gasteiger partial charge on any atom is 0.260 e. The second kappa shape index (κ2) is 7.97. The average molecular weight is 324 g/mol. The Labute approximate surface area is 143 Å². The van der Waals surface area contributed by atoms with Crippen LogP contribution in [0.15, 0.2) is 54.6 Å². The molecule has 1 saturated heterocycles. The van der Waals surface area contributed by atoms with Gasteiger partial charge in [0.05, 0.1) is 0 Å². The van der Waals surface area contributed by atoms with E-state index in [-0.39, 0.29) is 12.5 Å². The van der Waals surface area contributed by atoms with Gasteiger partial charge < -0.3 is 14.5 Å². The molecule has 4 nitrogen and oxygen atoms in total. The van der Waals surface area contributed by atoms with Gasteiger partial charge in [0.2, 0.25) is 0 Å². The average Bonchev–Trinajstić information content (AvgIpc) is 2.67. The number of nitrogens with zero attached hydrogens (tertiary/aromatic N) is 2. The number of rotatable bonds is 5. The summed E-state index contributed by atoms with van der Waals surface area (Å²) in [4.78, 5) is 16.7. The molecule has 126 valence electrons. The molecule has 1 heterocycles. The van der Waals surface area contributed by atoms with Gasteiger partial charge in [-0.3, -0.25) is 4.79 Å². The first-order valence-corrected chi connectivity index (χ1v) is 8.55. The molecule has 0 radical (unpaired) electrons. The Hall–Kier alpha value is -2.33. The van der Waals surface area contributed by atoms with Gasteiger partial charge >= 0.3 is 0 Å². The molecular formula is C20H24N2O2. The number of para-hydroxylation sites is 1. The monoisotopic (exact) mass is 324 g/mol. The topological polar surface area (TPSA) is 32.8 Å². The van der Waals surface area contributed by atoms with Gasteiger partial charge in [0.25, 0.3) is 5.91 Å². The van der Waals surface area contributed by atoms with Crippen LogP contribution in [0.3, 0.4) is 0 Å². The van der Waals surface area contributed by atoms with Crippen molar-refractivity contribution in [3.63, 3.8) is 0 Å². The third-order valence-corrected chi connectivity index (χ3v) is 4.50. The first-order chi connectivity index (χ1) is 11.8. The number of benzene rings is 2. The normalized spacial score (nSPS) is 15.3. The van der Waals surface area contributed by atoms with Gasteiger partial charge in [0, 0.05) is 31.7 Å². The molecule has 2 aromatic carbocycles. The fraction of sp³-hybridized carbons (Fsp3) is 0.350. The maximum atomic E-state index is 12.4. The lowest BCUT2D eigenvalue weighted by Crippen LogP contribution is -2.49. The quantitative estimate of drug-likeness (QED) is 0.848. The first-order valence-electron chi connectivity index (χ1n) is 8.55. The van der Waals surface area contributed by atoms with Crippen molar-refractivity contribution >= 4 is 5.91 Å². The van der Waals surface area contributed by atoms with E-state index in [0.717, 1.165) is 49.6 Å². The second-order valence-electron chi connectivity index (χ2n) is 5.97. The summed E-state index contributed by atoms with van der Waals surface area (Å²) >= 11 is 0. The van der Waals surface area contributed by atoms with E-state index in [9.17, 15) is 4.79 Å². The van der Waals surface area contributed by atoms with Crippen LogP contribution in [0.1, 0.15) is 6.92 Å². The van der Waals surface area contributed by atoms with Crippen molar-refractivity contribution in [2.75, 3.05) is 39.3 Å². The number of hydrogen-bond donors (Lipinski definition) is 0. The summed E-state index contributed by atoms with van der Waals surface area (Å²) in [5.74, 6) is 0.817. The van der Waals surface area contributed by atoms with Crippen LogP contribution in [-0.4, -0.2) is 55.0 Å². The Bertz CT molecular complexity index is 664. The lowest BCUT2D eigenvalue weighted by molar-refractivity contribution is -0.135. The highest BCUT2D eigenvalue weighted by Crippen LogP contribution is 2.29. The zero-order valence-electron chi connectivity index (χ0n) is 14.1. The molecule has 0 aliphatic carbocycles. The van der Waals surface area contributed by atoms with Gasteiger partial charge in [-0.05, 0) is 18.2 Å². The highest BCUT2D eigenvalue weighted by atomic mass is 16.5. The van der Waals surface area contributed by atoms with Gasteiger partial charge in [0.15, 0.2) is 6.61 Å². The third kappa shape index (κ3) is 3.95. The standard InChI is InChI=1S/C20H24N2O2/c1-2-21-12-14-22(15-13-21)20(23)16-24-19-11-7-6-10-18(19)17-8-4-3-5-9-17/h3-11H,2,12-16H2,1H3. The van der Waals surface area contributed by atoms with E-state index in [0.29, 0.717) is 0 Å². The predicted molar refractivity (Wildman–Crippen MR) is 96.1 cm³/mol. The van der Waals surface area contributed by atoms with E-state index >= 15 is 0 Å². The van der Waals surface area contributed by atoms with E-state index in [1.165, 1.54) is 0 Å². The molecule has 4 heteroatoms. The minimum atomic E-state index is 0.0635. The summed E-state index contributed by atoms with van der Waals surface area (Å²) in [7, 11) is 0. The Morgan fingerprint density at radius 3 is 2.33 bits per heavy atom. The lowest BCUT2D eigenvalue weighted by Gasteiger charge is -2.34. The Kier molecular flexibility index (Phi) is 5.49. The summed E-state index contributed by atoms with van der Waals surface area (Å²) in [6.07, 6.45) is 0. The van der Waals surface area contributed by atoms with Crippen molar-refractivity contribution in [3.05, 3.63) is 54.6 Å². The van der Waals surface area contributed by atoms with E-state index in [4.69, 9.17) is 4.74 Å². The summed E-state index contributed by atoms with van der Waals surface area (Å²) < 4.78 is 5.85. The van der Waals surface area contributed by atoms with Crippen LogP contribution in [0, 0.1) is 0 Å². The highest BCUT2D eigenvalue weighted by molar-refractivity contribution is 5.78. The molecule has 1 aliphatic heterocycles. The Morgan fingerprint density at radius 1 is 0.958 bits per heavy atom. The van der Waals surface area contributed by atoms with Crippen molar-refractivity contribution in [3.8, 4) is 16.9 Å². The minimum Gasteiger partial charge on any atom is -0.483 e. The van der Waals surface area contributed by atoms with Gasteiger partial charge in [-0.1, -0.05) is 55.5 Å². The molecule has 2 aromatic rings. The fourth-order valence-corrected chi connectivity index (χ4v) is 2.99. The lowest BCUT2D eigenvalue weighted by atomic mass is 10.1. The minimum absolute atomic E-state index is 0.0635. The van der Waals surface area contributed by atoms with Crippen molar-refractivity contribution < 1.29 is 9.53 Å². The molecule has 0 spiro atoms. The van der Waals surface area contributed by atoms with Gasteiger partial charge in [-0.25, -0.2) is 0 Å². The number of likely N-dealkylation sites (N-methyl/N-ethyl adjacent to an activating group) is 1. The molecular weight excluding hydrogens is 300 g/mol. The smallest absolute Gasteiger partial charge is 0.260 e. The van der Waals surface area contributed by atoms with Crippen molar-refractivity contribution in [2.24, 2.45) is 0 Å². The van der Waals surface area contributed by atoms with Crippen molar-refractivity contribution in [1.29, 1.82) is 0 Å². The Balaban J connectivity index is 1.62. The Morgan fingerprint density at radius 2 is 1.62 bits per heavy atom. The molecule has 3 rings (SSSR count). The molecule has 0 N–H and O–H groups in total. The van der Waals surface area contributed by atoms with E-state index in [2.05, 4.69) is 11.8 Å². The first kappa shape index (κ1) is 16.5. The summed E-state index contributed by atoms with van der Waals surface area (Å²) in [6.45, 7) is 6.76. The number of carbonyl (C=O) groups excluding carboxylic acids is 1. The van der Waals surface area contributed by atoms with Crippen LogP contribution in [0.25, 0.3) is 11.1 Å². The molecule has 0 atom stereocenters. The molecule has 1 amide bonds. The summed E-state index contributed by atoms with van der Waals surface area (Å²) in [6, 6.07) is 18.0. The molecule has 1 fully saturated rings. The summed E-state index contributed by atoms with van der Waals surface area (Å²) in [5.41, 5.74) is 2.11. The zero-order valence-corrected chi connectivity index (χ0v) is 14.1. The van der Waals surface area contributed by atoms with Crippen LogP contribution in [-0.2, 0) is 4.79 Å². The van der Waals surface area contributed by atoms with E-state index in [1.54, 1.807) is 0 Å². The number of ether oxygens (including phenoxy) is 1. The second-order valence-corrected chi connectivity index (χ2v) is 5.97. The molecule has 0 unspecified atom stereocenters. The predicted octanol–water partition coefficient (Wildman–Crippen LogP) is 2.90. The molecule has 0 bridgehead atoms. The van der Waals surface area contributed by atoms with Crippen LogP contribution >= 0.6 is 0 Å². The van der Waals surface area contributed by atoms with Gasteiger partial charge in [-0.15, -0.1) is 0 Å². The number of amides is 1. The molecule has 0 saturated carbocycles. The zero-order chi connectivity index (χ0) is 16.8.